The third-order valence-corrected chi connectivity index (χ3v) is 7.29. The molecule has 3 aromatic heterocycles. The molecule has 12 heteroatoms. The summed E-state index contributed by atoms with van der Waals surface area (Å²) in [4.78, 5) is 33.9. The van der Waals surface area contributed by atoms with E-state index in [0.717, 1.165) is 23.3 Å². The number of pyridine rings is 2. The average molecular weight is 559 g/mol. The molecule has 5 rings (SSSR count). The topological polar surface area (TPSA) is 93.8 Å². The third kappa shape index (κ3) is 5.49. The molecule has 2 N–H and O–H groups in total. The van der Waals surface area contributed by atoms with Crippen LogP contribution in [0.5, 0.6) is 0 Å². The zero-order valence-corrected chi connectivity index (χ0v) is 21.8. The summed E-state index contributed by atoms with van der Waals surface area (Å²) in [6.07, 6.45) is 0.316. The molecule has 1 aromatic carbocycles. The van der Waals surface area contributed by atoms with Crippen LogP contribution in [0.1, 0.15) is 41.7 Å². The molecule has 1 aliphatic carbocycles. The van der Waals surface area contributed by atoms with Crippen molar-refractivity contribution >= 4 is 34.4 Å². The van der Waals surface area contributed by atoms with Crippen LogP contribution in [0.25, 0.3) is 16.7 Å². The molecular weight excluding hydrogens is 533 g/mol. The van der Waals surface area contributed by atoms with Gasteiger partial charge in [-0.15, -0.1) is 0 Å². The molecule has 0 aliphatic heterocycles. The van der Waals surface area contributed by atoms with Gasteiger partial charge in [-0.1, -0.05) is 23.7 Å². The lowest BCUT2D eigenvalue weighted by atomic mass is 9.85. The van der Waals surface area contributed by atoms with Crippen LogP contribution in [0.3, 0.4) is 0 Å². The van der Waals surface area contributed by atoms with Crippen LogP contribution >= 0.6 is 11.6 Å². The van der Waals surface area contributed by atoms with E-state index in [-0.39, 0.29) is 22.7 Å². The second-order valence-electron chi connectivity index (χ2n) is 9.61. The van der Waals surface area contributed by atoms with Crippen LogP contribution in [-0.4, -0.2) is 38.1 Å². The number of halogens is 4. The molecule has 0 unspecified atom stereocenters. The maximum absolute atomic E-state index is 13.5. The predicted molar refractivity (Wildman–Crippen MR) is 142 cm³/mol. The van der Waals surface area contributed by atoms with E-state index < -0.39 is 23.3 Å². The first-order chi connectivity index (χ1) is 18.7. The number of benzene rings is 1. The third-order valence-electron chi connectivity index (χ3n) is 7.09. The van der Waals surface area contributed by atoms with Gasteiger partial charge in [0.05, 0.1) is 33.5 Å². The van der Waals surface area contributed by atoms with Gasteiger partial charge >= 0.3 is 11.9 Å². The molecule has 1 fully saturated rings. The van der Waals surface area contributed by atoms with Crippen LogP contribution in [0.2, 0.25) is 5.02 Å². The minimum atomic E-state index is -4.77. The molecule has 3 heterocycles. The van der Waals surface area contributed by atoms with Crippen LogP contribution in [0.15, 0.2) is 59.7 Å². The number of aromatic nitrogens is 4. The fraction of sp³-hybridized carbons (Fsp3) is 0.333. The fourth-order valence-electron chi connectivity index (χ4n) is 5.15. The van der Waals surface area contributed by atoms with Gasteiger partial charge in [0.1, 0.15) is 5.82 Å². The van der Waals surface area contributed by atoms with E-state index in [1.807, 2.05) is 30.3 Å². The van der Waals surface area contributed by atoms with E-state index in [0.29, 0.717) is 43.7 Å². The van der Waals surface area contributed by atoms with Gasteiger partial charge in [0.25, 0.3) is 5.91 Å². The molecular formula is C27H26ClF3N6O2. The van der Waals surface area contributed by atoms with Gasteiger partial charge in [-0.2, -0.15) is 13.2 Å². The molecule has 204 valence electrons. The molecule has 1 amide bonds. The molecule has 39 heavy (non-hydrogen) atoms. The van der Waals surface area contributed by atoms with E-state index in [4.69, 9.17) is 11.6 Å². The van der Waals surface area contributed by atoms with Gasteiger partial charge in [0.15, 0.2) is 5.69 Å². The number of amides is 1. The maximum atomic E-state index is 13.5. The molecule has 4 aromatic rings. The number of fused-ring (bicyclic) bond motifs is 1. The number of hydrogen-bond acceptors (Lipinski definition) is 5. The summed E-state index contributed by atoms with van der Waals surface area (Å²) in [6, 6.07) is 11.9. The Morgan fingerprint density at radius 3 is 2.41 bits per heavy atom. The van der Waals surface area contributed by atoms with E-state index in [1.165, 1.54) is 0 Å². The first-order valence-corrected chi connectivity index (χ1v) is 12.9. The number of anilines is 1. The van der Waals surface area contributed by atoms with E-state index in [2.05, 4.69) is 20.6 Å². The van der Waals surface area contributed by atoms with Gasteiger partial charge in [-0.3, -0.25) is 13.9 Å². The number of carbonyl (C=O) groups is 1. The summed E-state index contributed by atoms with van der Waals surface area (Å²) >= 11 is 5.81. The smallest absolute Gasteiger partial charge is 0.373 e. The molecule has 0 bridgehead atoms. The highest BCUT2D eigenvalue weighted by molar-refractivity contribution is 6.30. The Hall–Kier alpha value is -3.86. The lowest BCUT2D eigenvalue weighted by Gasteiger charge is -2.29. The number of nitrogens with one attached hydrogen (secondary N) is 2. The summed E-state index contributed by atoms with van der Waals surface area (Å²) in [7, 11) is 1.77. The van der Waals surface area contributed by atoms with Gasteiger partial charge in [-0.05, 0) is 61.9 Å². The predicted octanol–water partition coefficient (Wildman–Crippen LogP) is 5.28. The highest BCUT2D eigenvalue weighted by Crippen LogP contribution is 2.32. The number of carbonyl (C=O) groups excluding carboxylic acids is 1. The van der Waals surface area contributed by atoms with Crippen molar-refractivity contribution in [1.82, 2.24) is 24.4 Å². The van der Waals surface area contributed by atoms with E-state index >= 15 is 0 Å². The lowest BCUT2D eigenvalue weighted by molar-refractivity contribution is -0.141. The Balaban J connectivity index is 1.30. The summed E-state index contributed by atoms with van der Waals surface area (Å²) in [5.41, 5.74) is 0.230. The molecule has 1 saturated carbocycles. The fourth-order valence-corrected chi connectivity index (χ4v) is 5.31. The number of imidazole rings is 1. The molecule has 0 spiro atoms. The summed E-state index contributed by atoms with van der Waals surface area (Å²) < 4.78 is 43.4. The second kappa shape index (κ2) is 10.7. The molecule has 0 saturated heterocycles. The standard InChI is InChI=1S/C27H26ClF3N6O2/c1-32-23-11-10-19(14-33-23)37-22-5-3-2-4-21(22)36(26(37)39)15-16-6-8-18(9-7-16)35-25(38)20-12-17(28)13-34-24(20)27(29,30)31/h2-5,10-14,16,18H,6-9,15H2,1H3,(H,32,33)(H,35,38). The van der Waals surface area contributed by atoms with Crippen LogP contribution < -0.4 is 16.3 Å². The normalized spacial score (nSPS) is 17.8. The highest BCUT2D eigenvalue weighted by atomic mass is 35.5. The Morgan fingerprint density at radius 1 is 1.05 bits per heavy atom. The quantitative estimate of drug-likeness (QED) is 0.336. The van der Waals surface area contributed by atoms with Crippen molar-refractivity contribution < 1.29 is 18.0 Å². The number of alkyl halides is 3. The summed E-state index contributed by atoms with van der Waals surface area (Å²) in [5, 5.41) is 5.63. The zero-order valence-electron chi connectivity index (χ0n) is 21.0. The first kappa shape index (κ1) is 26.7. The SMILES string of the molecule is CNc1ccc(-n2c(=O)n(CC3CCC(NC(=O)c4cc(Cl)cnc4C(F)(F)F)CC3)c3ccccc32)cn1. The summed E-state index contributed by atoms with van der Waals surface area (Å²) in [5.74, 6) is 0.0112. The van der Waals surface area contributed by atoms with Crippen molar-refractivity contribution in [2.24, 2.45) is 5.92 Å². The molecule has 0 radical (unpaired) electrons. The van der Waals surface area contributed by atoms with Gasteiger partial charge in [0.2, 0.25) is 0 Å². The van der Waals surface area contributed by atoms with Gasteiger partial charge in [-0.25, -0.2) is 14.8 Å². The van der Waals surface area contributed by atoms with Crippen LogP contribution in [0, 0.1) is 5.92 Å². The van der Waals surface area contributed by atoms with Crippen LogP contribution in [-0.2, 0) is 12.7 Å². The Labute approximate surface area is 226 Å². The van der Waals surface area contributed by atoms with Crippen molar-refractivity contribution in [2.45, 2.75) is 44.4 Å². The van der Waals surface area contributed by atoms with Crippen LogP contribution in [0.4, 0.5) is 19.0 Å². The number of hydrogen-bond donors (Lipinski definition) is 2. The minimum absolute atomic E-state index is 0.0461. The van der Waals surface area contributed by atoms with Crippen molar-refractivity contribution in [3.8, 4) is 5.69 Å². The van der Waals surface area contributed by atoms with Crippen molar-refractivity contribution in [3.05, 3.63) is 81.6 Å². The Morgan fingerprint density at radius 2 is 1.77 bits per heavy atom. The van der Waals surface area contributed by atoms with Crippen molar-refractivity contribution in [3.63, 3.8) is 0 Å². The van der Waals surface area contributed by atoms with Crippen molar-refractivity contribution in [1.29, 1.82) is 0 Å². The maximum Gasteiger partial charge on any atom is 0.434 e. The average Bonchev–Trinajstić information content (AvgIpc) is 3.20. The van der Waals surface area contributed by atoms with Gasteiger partial charge < -0.3 is 10.6 Å². The molecule has 1 aliphatic rings. The largest absolute Gasteiger partial charge is 0.434 e. The number of para-hydroxylation sites is 2. The van der Waals surface area contributed by atoms with Crippen molar-refractivity contribution in [2.75, 3.05) is 12.4 Å². The Kier molecular flexibility index (Phi) is 7.35. The summed E-state index contributed by atoms with van der Waals surface area (Å²) in [6.45, 7) is 0.492. The monoisotopic (exact) mass is 558 g/mol. The second-order valence-corrected chi connectivity index (χ2v) is 10.0. The number of rotatable bonds is 6. The van der Waals surface area contributed by atoms with E-state index in [9.17, 15) is 22.8 Å². The lowest BCUT2D eigenvalue weighted by Crippen LogP contribution is -2.39. The first-order valence-electron chi connectivity index (χ1n) is 12.5. The Bertz CT molecular complexity index is 1560. The zero-order chi connectivity index (χ0) is 27.7. The van der Waals surface area contributed by atoms with E-state index in [1.54, 1.807) is 28.4 Å². The number of nitrogens with zero attached hydrogens (tertiary/aromatic N) is 4. The molecule has 0 atom stereocenters. The highest BCUT2D eigenvalue weighted by Gasteiger charge is 2.38. The van der Waals surface area contributed by atoms with Gasteiger partial charge in [0, 0.05) is 25.8 Å². The molecule has 8 nitrogen and oxygen atoms in total. The minimum Gasteiger partial charge on any atom is -0.373 e.